The fraction of sp³-hybridized carbons (Fsp3) is 0.458. The van der Waals surface area contributed by atoms with Crippen molar-refractivity contribution in [2.24, 2.45) is 17.4 Å². The number of ether oxygens (including phenoxy) is 7. The number of halogens is 2. The van der Waals surface area contributed by atoms with Gasteiger partial charge in [0, 0.05) is 47.9 Å². The summed E-state index contributed by atoms with van der Waals surface area (Å²) >= 11 is 14.0. The number of carboxylic acids is 2. The molecule has 0 aliphatic carbocycles. The molecule has 0 spiro atoms. The topological polar surface area (TPSA) is 565 Å². The Morgan fingerprint density at radius 1 is 0.734 bits per heavy atom. The van der Waals surface area contributed by atoms with Gasteiger partial charge in [-0.1, -0.05) is 62.2 Å². The van der Waals surface area contributed by atoms with Gasteiger partial charge in [-0.15, -0.1) is 0 Å². The van der Waals surface area contributed by atoms with Crippen molar-refractivity contribution < 1.29 is 132 Å². The van der Waals surface area contributed by atoms with Crippen molar-refractivity contribution in [3.8, 4) is 57.1 Å². The molecule has 0 aromatic heterocycles. The van der Waals surface area contributed by atoms with Gasteiger partial charge in [0.1, 0.15) is 77.3 Å². The predicted octanol–water partition coefficient (Wildman–Crippen LogP) is 2.43. The number of primary amides is 2. The van der Waals surface area contributed by atoms with Crippen LogP contribution in [0.25, 0.3) is 11.1 Å². The van der Waals surface area contributed by atoms with E-state index in [9.17, 15) is 89.7 Å². The van der Waals surface area contributed by atoms with E-state index in [-0.39, 0.29) is 47.9 Å². The second-order valence-electron chi connectivity index (χ2n) is 27.2. The normalized spacial score (nSPS) is 23.9. The summed E-state index contributed by atoms with van der Waals surface area (Å²) in [4.78, 5) is 125. The molecule has 0 radical (unpaired) electrons. The zero-order valence-electron chi connectivity index (χ0n) is 59.8. The lowest BCUT2D eigenvalue weighted by Gasteiger charge is -2.43. The number of rotatable bonds is 24. The summed E-state index contributed by atoms with van der Waals surface area (Å²) in [5.74, 6) is -17.1. The van der Waals surface area contributed by atoms with E-state index in [4.69, 9.17) is 67.8 Å². The minimum Gasteiger partial charge on any atom is -0.508 e. The summed E-state index contributed by atoms with van der Waals surface area (Å²) < 4.78 is 43.9. The van der Waals surface area contributed by atoms with Gasteiger partial charge >= 0.3 is 11.9 Å². The third kappa shape index (κ3) is 21.0. The van der Waals surface area contributed by atoms with Gasteiger partial charge in [-0.05, 0) is 123 Å². The van der Waals surface area contributed by atoms with Crippen molar-refractivity contribution in [1.82, 2.24) is 31.9 Å². The molecule has 109 heavy (non-hydrogen) atoms. The Hall–Kier alpha value is -9.73. The molecule has 35 nitrogen and oxygen atoms in total. The van der Waals surface area contributed by atoms with E-state index >= 15 is 9.59 Å². The lowest BCUT2D eigenvalue weighted by molar-refractivity contribution is -0.320. The summed E-state index contributed by atoms with van der Waals surface area (Å²) in [7, 11) is 0. The smallest absolute Gasteiger partial charge is 0.334 e. The molecule has 37 heteroatoms. The summed E-state index contributed by atoms with van der Waals surface area (Å²) in [6.07, 6.45) is -20.6. The second-order valence-corrected chi connectivity index (χ2v) is 28.0. The Labute approximate surface area is 633 Å². The monoisotopic (exact) mass is 1570 g/mol. The molecular weight excluding hydrogens is 1480 g/mol. The maximum Gasteiger partial charge on any atom is 0.334 e. The first-order chi connectivity index (χ1) is 51.3. The van der Waals surface area contributed by atoms with Gasteiger partial charge in [0.2, 0.25) is 53.4 Å². The highest BCUT2D eigenvalue weighted by Gasteiger charge is 2.49. The molecule has 1 saturated heterocycles. The molecule has 5 aromatic carbocycles. The Balaban J connectivity index is 1.38. The number of amides is 7. The van der Waals surface area contributed by atoms with Gasteiger partial charge in [0.05, 0.1) is 47.8 Å². The average Bonchev–Trinajstić information content (AvgIpc) is 0.773. The minimum absolute atomic E-state index is 0.0316. The van der Waals surface area contributed by atoms with E-state index in [2.05, 4.69) is 31.9 Å². The van der Waals surface area contributed by atoms with Crippen LogP contribution < -0.4 is 57.6 Å². The van der Waals surface area contributed by atoms with Crippen molar-refractivity contribution in [3.63, 3.8) is 0 Å². The number of aliphatic hydroxyl groups excluding tert-OH is 6. The van der Waals surface area contributed by atoms with Crippen LogP contribution in [0.1, 0.15) is 139 Å². The number of nitrogens with two attached hydrogens (primary N) is 2. The molecule has 5 aromatic rings. The van der Waals surface area contributed by atoms with Gasteiger partial charge in [-0.25, -0.2) is 9.59 Å². The number of carbonyl (C=O) groups is 9. The Morgan fingerprint density at radius 3 is 1.95 bits per heavy atom. The van der Waals surface area contributed by atoms with Crippen LogP contribution in [0.4, 0.5) is 0 Å². The first-order valence-corrected chi connectivity index (χ1v) is 35.1. The van der Waals surface area contributed by atoms with E-state index in [1.165, 1.54) is 26.0 Å². The summed E-state index contributed by atoms with van der Waals surface area (Å²) in [5, 5.41) is 138. The number of phenols is 3. The highest BCUT2D eigenvalue weighted by molar-refractivity contribution is 6.32. The van der Waals surface area contributed by atoms with Crippen LogP contribution >= 0.6 is 23.2 Å². The Kier molecular flexibility index (Phi) is 28.5. The molecule has 5 aliphatic rings. The molecule has 16 atom stereocenters. The van der Waals surface area contributed by atoms with Crippen LogP contribution in [-0.4, -0.2) is 202 Å². The van der Waals surface area contributed by atoms with E-state index in [0.717, 1.165) is 66.7 Å². The highest BCUT2D eigenvalue weighted by Crippen LogP contribution is 2.49. The molecule has 9 bridgehead atoms. The first-order valence-electron chi connectivity index (χ1n) is 34.4. The van der Waals surface area contributed by atoms with Crippen molar-refractivity contribution >= 4 is 76.5 Å². The van der Waals surface area contributed by atoms with Crippen molar-refractivity contribution in [2.45, 2.75) is 184 Å². The van der Waals surface area contributed by atoms with Crippen LogP contribution in [0.5, 0.6) is 46.0 Å². The maximum absolute atomic E-state index is 15.8. The Bertz CT molecular complexity index is 4210. The van der Waals surface area contributed by atoms with E-state index in [1.807, 2.05) is 13.8 Å². The van der Waals surface area contributed by atoms with Crippen LogP contribution in [-0.2, 0) is 62.1 Å². The Morgan fingerprint density at radius 2 is 1.37 bits per heavy atom. The summed E-state index contributed by atoms with van der Waals surface area (Å²) in [6.45, 7) is 10.1. The number of carbonyl (C=O) groups excluding carboxylic acids is 7. The van der Waals surface area contributed by atoms with Crippen molar-refractivity contribution in [1.29, 1.82) is 0 Å². The molecule has 10 rings (SSSR count). The molecular formula is C72H88Cl2N8O27. The zero-order valence-corrected chi connectivity index (χ0v) is 61.4. The summed E-state index contributed by atoms with van der Waals surface area (Å²) in [5.41, 5.74) is 7.58. The largest absolute Gasteiger partial charge is 0.508 e. The molecule has 21 N–H and O–H groups in total. The van der Waals surface area contributed by atoms with E-state index in [1.54, 1.807) is 20.8 Å². The van der Waals surface area contributed by atoms with Crippen LogP contribution in [0, 0.1) is 5.92 Å². The SMILES string of the molecule is CCCOC(CNC(C)(C)C(O)C(C)OC(C)OC1C(Oc2c3cc4cc2Oc2ccc(cc2Cl)[C@@H](O)CC(=O)NC(C(=O)O)c2cc(O)cc(O)c2-c2cc(ccc2O)[C@H](C(N)=O)NC(=O)C4NC(=O)C(CC(N)=O)NC(=O)[C@@H](NC(=O)CCC(C)C)C(O)c2ccc(c(Cl)c2)O3)OC(CO)C(O)C1O)C(=O)O. The van der Waals surface area contributed by atoms with Gasteiger partial charge in [-0.2, -0.15) is 0 Å². The van der Waals surface area contributed by atoms with Crippen LogP contribution in [0.2, 0.25) is 10.0 Å². The van der Waals surface area contributed by atoms with Crippen molar-refractivity contribution in [2.75, 3.05) is 19.8 Å². The quantitative estimate of drug-likeness (QED) is 0.0394. The lowest BCUT2D eigenvalue weighted by atomic mass is 9.90. The zero-order chi connectivity index (χ0) is 80.4. The fourth-order valence-corrected chi connectivity index (χ4v) is 12.7. The number of carboxylic acid groups (broad SMARTS) is 2. The third-order valence-corrected chi connectivity index (χ3v) is 18.6. The van der Waals surface area contributed by atoms with Gasteiger partial charge < -0.3 is 133 Å². The van der Waals surface area contributed by atoms with Gasteiger partial charge in [0.25, 0.3) is 0 Å². The molecule has 0 saturated carbocycles. The van der Waals surface area contributed by atoms with Gasteiger partial charge in [0.15, 0.2) is 36.0 Å². The predicted molar refractivity (Wildman–Crippen MR) is 381 cm³/mol. The highest BCUT2D eigenvalue weighted by atomic mass is 35.5. The summed E-state index contributed by atoms with van der Waals surface area (Å²) in [6, 6.07) is 2.50. The first kappa shape index (κ1) is 84.9. The number of phenolic OH excluding ortho intramolecular Hbond substituents is 3. The number of aliphatic carboxylic acids is 2. The number of benzene rings is 5. The average molecular weight is 1570 g/mol. The van der Waals surface area contributed by atoms with E-state index < -0.39 is 249 Å². The molecule has 5 heterocycles. The number of fused-ring (bicyclic) bond motifs is 16. The maximum atomic E-state index is 15.8. The number of aliphatic hydroxyl groups is 6. The van der Waals surface area contributed by atoms with E-state index in [0.29, 0.717) is 12.8 Å². The molecule has 7 amide bonds. The van der Waals surface area contributed by atoms with Crippen LogP contribution in [0.15, 0.2) is 78.9 Å². The van der Waals surface area contributed by atoms with Crippen LogP contribution in [0.3, 0.4) is 0 Å². The van der Waals surface area contributed by atoms with Gasteiger partial charge in [-0.3, -0.25) is 33.6 Å². The number of hydrogen-bond donors (Lipinski definition) is 19. The van der Waals surface area contributed by atoms with Crippen molar-refractivity contribution in [3.05, 3.63) is 117 Å². The minimum atomic E-state index is -2.35. The second kappa shape index (κ2) is 36.7. The number of nitrogens with one attached hydrogen (secondary N) is 6. The molecule has 5 aliphatic heterocycles. The molecule has 1 fully saturated rings. The number of hydrogen-bond acceptors (Lipinski definition) is 26. The number of aromatic hydroxyl groups is 3. The molecule has 592 valence electrons. The fourth-order valence-electron chi connectivity index (χ4n) is 12.2. The lowest BCUT2D eigenvalue weighted by Crippen LogP contribution is -2.62. The molecule has 13 unspecified atom stereocenters. The standard InChI is InChI=1S/C72H88Cl2N8O27/c1-8-17-103-49(69(99)100)27-77-72(6,7)64(94)30(4)104-31(5)105-63-61(93)60(92)50(28-83)108-71(63)109-62-47-21-35-22-48(62)107-46-15-12-34(20-40(46)74)59(91)58(79-52(89)16-9-29(2)3)68(98)78-41(25-51(75)88)66(96)82-56(35)67(97)81-55(65(76)95)33-10-13-42(85)37(18-33)54-38(23-36(84)24-44(54)87)57(70(101)102)80-53(90)26-43(86)32-11-14-45(106-47)39(73)19-32/h10-15,18-24,29-31,41,43,49-50,55-61,63-64,71,77,83-87,91-94H,8-9,16-17,25-28H2,1-7H3,(H2,75,88)(H2,76,95)(H,78,98)(H,79,89)(H,80,90)(H,81,97)(H,82,96)(H,99,100)(H,101,102)/t30?,31?,41?,43-,49?,50?,55+,56?,57?,58-,59?,60?,61?,63?,64?,71?/m0/s1. The third-order valence-electron chi connectivity index (χ3n) is 18.0.